The molecule has 1 aromatic rings. The summed E-state index contributed by atoms with van der Waals surface area (Å²) in [5.41, 5.74) is 0.502. The highest BCUT2D eigenvalue weighted by Gasteiger charge is 2.59. The van der Waals surface area contributed by atoms with Crippen LogP contribution in [0.4, 0.5) is 4.79 Å². The topological polar surface area (TPSA) is 75.6 Å². The fourth-order valence-corrected chi connectivity index (χ4v) is 5.08. The van der Waals surface area contributed by atoms with Crippen LogP contribution in [0.1, 0.15) is 58.1 Å². The van der Waals surface area contributed by atoms with Crippen molar-refractivity contribution >= 4 is 17.5 Å². The van der Waals surface area contributed by atoms with Gasteiger partial charge in [-0.3, -0.25) is 4.90 Å². The van der Waals surface area contributed by atoms with Gasteiger partial charge in [0.2, 0.25) is 0 Å². The maximum absolute atomic E-state index is 12.8. The van der Waals surface area contributed by atoms with E-state index >= 15 is 0 Å². The first kappa shape index (κ1) is 17.6. The minimum atomic E-state index is -1.27. The van der Waals surface area contributed by atoms with Crippen molar-refractivity contribution in [2.24, 2.45) is 0 Å². The number of rotatable bonds is 4. The average Bonchev–Trinajstić information content (AvgIpc) is 3.08. The molecule has 0 saturated carbocycles. The zero-order valence-electron chi connectivity index (χ0n) is 14.5. The van der Waals surface area contributed by atoms with Crippen LogP contribution in [0.15, 0.2) is 30.3 Å². The van der Waals surface area contributed by atoms with Crippen molar-refractivity contribution in [3.63, 3.8) is 0 Å². The molecule has 2 aliphatic rings. The van der Waals surface area contributed by atoms with Crippen molar-refractivity contribution in [2.75, 3.05) is 0 Å². The van der Waals surface area contributed by atoms with E-state index in [4.69, 9.17) is 0 Å². The molecule has 2 heterocycles. The van der Waals surface area contributed by atoms with Crippen molar-refractivity contribution < 1.29 is 14.5 Å². The van der Waals surface area contributed by atoms with Gasteiger partial charge in [0.15, 0.2) is 0 Å². The molecule has 0 aromatic heterocycles. The molecule has 1 aromatic carbocycles. The number of hydrogen-bond donors (Lipinski definition) is 2. The quantitative estimate of drug-likeness (QED) is 0.816. The first-order valence-corrected chi connectivity index (χ1v) is 9.66. The minimum Gasteiger partial charge on any atom is -0.598 e. The van der Waals surface area contributed by atoms with Gasteiger partial charge in [-0.1, -0.05) is 30.3 Å². The maximum atomic E-state index is 12.8. The second-order valence-electron chi connectivity index (χ2n) is 7.83. The largest absolute Gasteiger partial charge is 0.598 e. The molecule has 1 amide bonds. The van der Waals surface area contributed by atoms with E-state index in [1.807, 2.05) is 51.1 Å². The van der Waals surface area contributed by atoms with Gasteiger partial charge in [-0.05, 0) is 52.0 Å². The Hall–Kier alpha value is -1.24. The van der Waals surface area contributed by atoms with Crippen molar-refractivity contribution in [3.8, 4) is 0 Å². The molecule has 5 nitrogen and oxygen atoms in total. The second-order valence-corrected chi connectivity index (χ2v) is 9.83. The molecule has 132 valence electrons. The summed E-state index contributed by atoms with van der Waals surface area (Å²) in [6.07, 6.45) is 2.55. The molecular weight excluding hydrogens is 324 g/mol. The van der Waals surface area contributed by atoms with E-state index in [0.29, 0.717) is 0 Å². The van der Waals surface area contributed by atoms with Crippen molar-refractivity contribution in [1.29, 1.82) is 0 Å². The van der Waals surface area contributed by atoms with Gasteiger partial charge in [0, 0.05) is 17.4 Å². The lowest BCUT2D eigenvalue weighted by Gasteiger charge is -2.41. The molecule has 2 bridgehead atoms. The van der Waals surface area contributed by atoms with Crippen LogP contribution in [0.3, 0.4) is 0 Å². The Balaban J connectivity index is 2.00. The number of amides is 1. The molecule has 3 rings (SSSR count). The van der Waals surface area contributed by atoms with E-state index < -0.39 is 27.7 Å². The van der Waals surface area contributed by atoms with E-state index in [-0.39, 0.29) is 12.1 Å². The summed E-state index contributed by atoms with van der Waals surface area (Å²) < 4.78 is 15.7. The first-order valence-electron chi connectivity index (χ1n) is 8.51. The van der Waals surface area contributed by atoms with Gasteiger partial charge in [0.05, 0.1) is 5.54 Å². The van der Waals surface area contributed by atoms with E-state index in [1.165, 1.54) is 0 Å². The van der Waals surface area contributed by atoms with Crippen LogP contribution in [0, 0.1) is 0 Å². The van der Waals surface area contributed by atoms with E-state index in [9.17, 15) is 14.5 Å². The zero-order chi connectivity index (χ0) is 17.5. The third kappa shape index (κ3) is 2.91. The minimum absolute atomic E-state index is 0.0959. The molecule has 0 spiro atoms. The summed E-state index contributed by atoms with van der Waals surface area (Å²) in [6, 6.07) is 9.68. The Morgan fingerprint density at radius 2 is 1.92 bits per heavy atom. The highest BCUT2D eigenvalue weighted by Crippen LogP contribution is 2.53. The van der Waals surface area contributed by atoms with Gasteiger partial charge in [0.1, 0.15) is 10.8 Å². The Labute approximate surface area is 146 Å². The third-order valence-corrected chi connectivity index (χ3v) is 6.89. The van der Waals surface area contributed by atoms with Crippen molar-refractivity contribution in [2.45, 2.75) is 68.8 Å². The van der Waals surface area contributed by atoms with E-state index in [1.54, 1.807) is 4.90 Å². The smallest absolute Gasteiger partial charge is 0.408 e. The third-order valence-electron chi connectivity index (χ3n) is 5.32. The Morgan fingerprint density at radius 1 is 1.33 bits per heavy atom. The zero-order valence-corrected chi connectivity index (χ0v) is 15.3. The normalized spacial score (nSPS) is 28.8. The molecule has 24 heavy (non-hydrogen) atoms. The Bertz CT molecular complexity index is 594. The highest BCUT2D eigenvalue weighted by molar-refractivity contribution is 7.90. The van der Waals surface area contributed by atoms with Gasteiger partial charge >= 0.3 is 6.09 Å². The van der Waals surface area contributed by atoms with Gasteiger partial charge in [0.25, 0.3) is 0 Å². The van der Waals surface area contributed by atoms with Gasteiger partial charge in [-0.15, -0.1) is 4.72 Å². The van der Waals surface area contributed by atoms with Gasteiger partial charge < -0.3 is 9.66 Å². The average molecular weight is 350 g/mol. The van der Waals surface area contributed by atoms with Crippen LogP contribution in [-0.2, 0) is 11.4 Å². The summed E-state index contributed by atoms with van der Waals surface area (Å²) in [7, 11) is 0. The molecule has 1 unspecified atom stereocenters. The predicted molar refractivity (Wildman–Crippen MR) is 95.1 cm³/mol. The molecule has 2 N–H and O–H groups in total. The SMILES string of the molecule is CC(C)(C)[S+]([O-])N[C@H](c1ccccc1)C12CCC(CC1)N2C(=O)O. The number of nitrogens with one attached hydrogen (secondary N) is 1. The fraction of sp³-hybridized carbons (Fsp3) is 0.611. The Kier molecular flexibility index (Phi) is 4.57. The van der Waals surface area contributed by atoms with Crippen molar-refractivity contribution in [3.05, 3.63) is 35.9 Å². The number of carbonyl (C=O) groups is 1. The first-order chi connectivity index (χ1) is 11.3. The molecule has 2 aliphatic heterocycles. The molecule has 0 aliphatic carbocycles. The van der Waals surface area contributed by atoms with Gasteiger partial charge in [-0.25, -0.2) is 4.79 Å². The molecule has 2 fully saturated rings. The number of carboxylic acid groups (broad SMARTS) is 1. The summed E-state index contributed by atoms with van der Waals surface area (Å²) in [4.78, 5) is 13.5. The summed E-state index contributed by atoms with van der Waals surface area (Å²) >= 11 is -1.27. The van der Waals surface area contributed by atoms with Crippen LogP contribution in [0.2, 0.25) is 0 Å². The summed E-state index contributed by atoms with van der Waals surface area (Å²) in [5, 5.41) is 9.77. The number of fused-ring (bicyclic) bond motifs is 2. The molecular formula is C18H26N2O3S. The molecule has 6 heteroatoms. The van der Waals surface area contributed by atoms with Gasteiger partial charge in [-0.2, -0.15) is 0 Å². The van der Waals surface area contributed by atoms with E-state index in [0.717, 1.165) is 31.2 Å². The fourth-order valence-electron chi connectivity index (χ4n) is 4.16. The monoisotopic (exact) mass is 350 g/mol. The van der Waals surface area contributed by atoms with Crippen LogP contribution in [0.5, 0.6) is 0 Å². The molecule has 2 atom stereocenters. The lowest BCUT2D eigenvalue weighted by molar-refractivity contribution is 0.0919. The predicted octanol–water partition coefficient (Wildman–Crippen LogP) is 3.45. The standard InChI is InChI=1S/C18H26N2O3S/c1-17(2,3)24(23)19-15(13-7-5-4-6-8-13)18-11-9-14(10-12-18)20(18)16(21)22/h4-8,14-15,19H,9-12H2,1-3H3,(H,21,22)/t14?,15-,18?,24?/m1/s1. The number of nitrogens with zero attached hydrogens (tertiary/aromatic N) is 1. The van der Waals surface area contributed by atoms with Crippen LogP contribution in [-0.4, -0.2) is 37.0 Å². The van der Waals surface area contributed by atoms with Crippen LogP contribution < -0.4 is 4.72 Å². The lowest BCUT2D eigenvalue weighted by atomic mass is 9.79. The number of hydrogen-bond acceptors (Lipinski definition) is 3. The molecule has 0 radical (unpaired) electrons. The highest BCUT2D eigenvalue weighted by atomic mass is 32.2. The van der Waals surface area contributed by atoms with Crippen LogP contribution in [0.25, 0.3) is 0 Å². The lowest BCUT2D eigenvalue weighted by Crippen LogP contribution is -2.55. The summed E-state index contributed by atoms with van der Waals surface area (Å²) in [6.45, 7) is 5.78. The van der Waals surface area contributed by atoms with Crippen molar-refractivity contribution in [1.82, 2.24) is 9.62 Å². The van der Waals surface area contributed by atoms with Crippen LogP contribution >= 0.6 is 0 Å². The maximum Gasteiger partial charge on any atom is 0.408 e. The molecule has 2 saturated heterocycles. The summed E-state index contributed by atoms with van der Waals surface area (Å²) in [5.74, 6) is 0. The van der Waals surface area contributed by atoms with E-state index in [2.05, 4.69) is 4.72 Å². The Morgan fingerprint density at radius 3 is 2.42 bits per heavy atom. The second kappa shape index (κ2) is 6.24. The number of benzene rings is 1.